The molecule has 1 aromatic carbocycles. The van der Waals surface area contributed by atoms with Crippen LogP contribution in [0.5, 0.6) is 5.75 Å². The molecule has 5 heterocycles. The quantitative estimate of drug-likeness (QED) is 0.443. The molecule has 6 rings (SSSR count). The Morgan fingerprint density at radius 2 is 1.40 bits per heavy atom. The zero-order chi connectivity index (χ0) is 36.0. The van der Waals surface area contributed by atoms with Gasteiger partial charge in [-0.15, -0.1) is 0 Å². The van der Waals surface area contributed by atoms with Gasteiger partial charge < -0.3 is 28.9 Å². The predicted octanol–water partition coefficient (Wildman–Crippen LogP) is 4.51. The average Bonchev–Trinajstić information content (AvgIpc) is 3.21. The third-order valence-electron chi connectivity index (χ3n) is 9.49. The molecule has 2 aromatic rings. The van der Waals surface area contributed by atoms with Gasteiger partial charge in [0.25, 0.3) is 0 Å². The maximum atomic E-state index is 14.1. The second-order valence-electron chi connectivity index (χ2n) is 15.6. The molecular formula is C35H51N7O7S. The van der Waals surface area contributed by atoms with Crippen molar-refractivity contribution in [1.82, 2.24) is 19.8 Å². The number of hydrogen-bond acceptors (Lipinski definition) is 12. The Labute approximate surface area is 295 Å². The van der Waals surface area contributed by atoms with Gasteiger partial charge >= 0.3 is 12.2 Å². The summed E-state index contributed by atoms with van der Waals surface area (Å²) in [6.07, 6.45) is 2.41. The molecule has 0 N–H and O–H groups in total. The Bertz CT molecular complexity index is 1690. The van der Waals surface area contributed by atoms with Crippen LogP contribution in [0.4, 0.5) is 32.6 Å². The fourth-order valence-corrected chi connectivity index (χ4v) is 8.22. The smallest absolute Gasteiger partial charge is 0.420 e. The van der Waals surface area contributed by atoms with Gasteiger partial charge in [-0.2, -0.15) is 0 Å². The Balaban J connectivity index is 1.23. The first-order valence-corrected chi connectivity index (χ1v) is 19.4. The molecule has 0 unspecified atom stereocenters. The van der Waals surface area contributed by atoms with E-state index in [1.165, 1.54) is 11.2 Å². The molecule has 50 heavy (non-hydrogen) atoms. The average molecular weight is 714 g/mol. The van der Waals surface area contributed by atoms with Gasteiger partial charge in [0.15, 0.2) is 15.7 Å². The lowest BCUT2D eigenvalue weighted by atomic mass is 10.0. The van der Waals surface area contributed by atoms with Crippen molar-refractivity contribution < 1.29 is 32.2 Å². The molecular weight excluding hydrogens is 662 g/mol. The lowest BCUT2D eigenvalue weighted by Gasteiger charge is -2.43. The van der Waals surface area contributed by atoms with Gasteiger partial charge in [-0.05, 0) is 79.0 Å². The highest BCUT2D eigenvalue weighted by molar-refractivity contribution is 7.91. The number of carbonyl (C=O) groups is 2. The molecule has 1 aromatic heterocycles. The molecule has 0 spiro atoms. The van der Waals surface area contributed by atoms with Gasteiger partial charge in [0.2, 0.25) is 0 Å². The van der Waals surface area contributed by atoms with Gasteiger partial charge in [-0.1, -0.05) is 0 Å². The summed E-state index contributed by atoms with van der Waals surface area (Å²) in [5, 5.41) is 0. The fourth-order valence-electron chi connectivity index (χ4n) is 7.02. The van der Waals surface area contributed by atoms with E-state index in [2.05, 4.69) is 25.8 Å². The monoisotopic (exact) mass is 713 g/mol. The van der Waals surface area contributed by atoms with Crippen LogP contribution in [0, 0.1) is 6.92 Å². The summed E-state index contributed by atoms with van der Waals surface area (Å²) in [7, 11) is -3.11. The summed E-state index contributed by atoms with van der Waals surface area (Å²) in [5.74, 6) is 1.53. The normalized spacial score (nSPS) is 20.4. The summed E-state index contributed by atoms with van der Waals surface area (Å²) >= 11 is 0. The molecule has 2 amide bonds. The molecule has 274 valence electrons. The van der Waals surface area contributed by atoms with Crippen LogP contribution in [-0.4, -0.2) is 121 Å². The zero-order valence-corrected chi connectivity index (χ0v) is 31.2. The standard InChI is InChI=1S/C35H51N7O7S/c1-24-20-26(39-14-12-38(13-15-39)25-8-10-41(11-9-25)32(43)48-34(2,3)4)21-28-29(24)47-22-27-30(40-16-18-50(45,46)19-17-40)36-23-37-31(27)42(28)33(44)49-35(5,6)7/h20-21,23,25H,8-19,22H2,1-7H3. The van der Waals surface area contributed by atoms with Crippen LogP contribution in [0.3, 0.4) is 0 Å². The lowest BCUT2D eigenvalue weighted by Crippen LogP contribution is -2.54. The number of piperazine rings is 1. The van der Waals surface area contributed by atoms with E-state index in [1.54, 1.807) is 0 Å². The first kappa shape index (κ1) is 36.0. The molecule has 3 saturated heterocycles. The van der Waals surface area contributed by atoms with Crippen molar-refractivity contribution >= 4 is 45.0 Å². The molecule has 0 saturated carbocycles. The van der Waals surface area contributed by atoms with E-state index in [0.717, 1.165) is 50.3 Å². The number of piperidine rings is 1. The van der Waals surface area contributed by atoms with E-state index in [9.17, 15) is 18.0 Å². The maximum absolute atomic E-state index is 14.1. The Hall–Kier alpha value is -3.85. The number of hydrogen-bond donors (Lipinski definition) is 0. The number of aromatic nitrogens is 2. The zero-order valence-electron chi connectivity index (χ0n) is 30.4. The summed E-state index contributed by atoms with van der Waals surface area (Å²) in [4.78, 5) is 45.9. The van der Waals surface area contributed by atoms with Gasteiger partial charge in [-0.25, -0.2) is 32.9 Å². The number of benzene rings is 1. The Morgan fingerprint density at radius 1 is 0.800 bits per heavy atom. The van der Waals surface area contributed by atoms with E-state index in [4.69, 9.17) is 14.2 Å². The lowest BCUT2D eigenvalue weighted by molar-refractivity contribution is 0.0139. The van der Waals surface area contributed by atoms with Crippen LogP contribution in [0.25, 0.3) is 0 Å². The second kappa shape index (κ2) is 13.7. The summed E-state index contributed by atoms with van der Waals surface area (Å²) in [6, 6.07) is 4.48. The Morgan fingerprint density at radius 3 is 2.02 bits per heavy atom. The van der Waals surface area contributed by atoms with E-state index >= 15 is 0 Å². The van der Waals surface area contributed by atoms with Crippen LogP contribution in [0.2, 0.25) is 0 Å². The van der Waals surface area contributed by atoms with Crippen molar-refractivity contribution in [1.29, 1.82) is 0 Å². The molecule has 0 radical (unpaired) electrons. The van der Waals surface area contributed by atoms with Crippen molar-refractivity contribution in [2.75, 3.05) is 78.6 Å². The van der Waals surface area contributed by atoms with Gasteiger partial charge in [0.1, 0.15) is 35.7 Å². The number of carbonyl (C=O) groups excluding carboxylic acids is 2. The topological polar surface area (TPSA) is 138 Å². The van der Waals surface area contributed by atoms with E-state index in [-0.39, 0.29) is 24.2 Å². The van der Waals surface area contributed by atoms with Crippen LogP contribution >= 0.6 is 0 Å². The minimum absolute atomic E-state index is 0.0314. The van der Waals surface area contributed by atoms with Crippen molar-refractivity contribution in [2.24, 2.45) is 0 Å². The minimum Gasteiger partial charge on any atom is -0.486 e. The van der Waals surface area contributed by atoms with Gasteiger partial charge in [-0.3, -0.25) is 4.90 Å². The molecule has 0 atom stereocenters. The number of rotatable bonds is 3. The number of likely N-dealkylation sites (tertiary alicyclic amines) is 1. The number of anilines is 4. The summed E-state index contributed by atoms with van der Waals surface area (Å²) in [5.41, 5.74) is 1.70. The molecule has 0 bridgehead atoms. The SMILES string of the molecule is Cc1cc(N2CCN(C3CCN(C(=O)OC(C)(C)C)CC3)CC2)cc2c1OCc1c(N3CCS(=O)(=O)CC3)ncnc1N2C(=O)OC(C)(C)C. The predicted molar refractivity (Wildman–Crippen MR) is 191 cm³/mol. The van der Waals surface area contributed by atoms with Crippen molar-refractivity contribution in [3.63, 3.8) is 0 Å². The third kappa shape index (κ3) is 8.03. The molecule has 4 aliphatic rings. The van der Waals surface area contributed by atoms with E-state index in [0.29, 0.717) is 60.9 Å². The number of sulfone groups is 1. The van der Waals surface area contributed by atoms with Crippen LogP contribution in [0.1, 0.15) is 65.5 Å². The number of fused-ring (bicyclic) bond motifs is 2. The summed E-state index contributed by atoms with van der Waals surface area (Å²) < 4.78 is 42.3. The number of ether oxygens (including phenoxy) is 3. The molecule has 4 aliphatic heterocycles. The molecule has 0 aliphatic carbocycles. The first-order valence-electron chi connectivity index (χ1n) is 17.5. The number of nitrogens with zero attached hydrogens (tertiary/aromatic N) is 7. The fraction of sp³-hybridized carbons (Fsp3) is 0.657. The van der Waals surface area contributed by atoms with Crippen LogP contribution in [0.15, 0.2) is 18.5 Å². The van der Waals surface area contributed by atoms with Crippen molar-refractivity contribution in [3.8, 4) is 5.75 Å². The van der Waals surface area contributed by atoms with Gasteiger partial charge in [0, 0.05) is 64.1 Å². The second-order valence-corrected chi connectivity index (χ2v) is 17.9. The minimum atomic E-state index is -3.11. The van der Waals surface area contributed by atoms with Gasteiger partial charge in [0.05, 0.1) is 22.8 Å². The Kier molecular flexibility index (Phi) is 9.85. The number of aryl methyl sites for hydroxylation is 1. The maximum Gasteiger partial charge on any atom is 0.420 e. The summed E-state index contributed by atoms with van der Waals surface area (Å²) in [6.45, 7) is 18.6. The van der Waals surface area contributed by atoms with Crippen LogP contribution in [-0.2, 0) is 25.9 Å². The molecule has 15 heteroatoms. The van der Waals surface area contributed by atoms with Crippen molar-refractivity contribution in [3.05, 3.63) is 29.6 Å². The highest BCUT2D eigenvalue weighted by atomic mass is 32.2. The third-order valence-corrected chi connectivity index (χ3v) is 11.1. The molecule has 14 nitrogen and oxygen atoms in total. The van der Waals surface area contributed by atoms with E-state index < -0.39 is 27.1 Å². The molecule has 3 fully saturated rings. The van der Waals surface area contributed by atoms with Crippen molar-refractivity contribution in [2.45, 2.75) is 85.2 Å². The highest BCUT2D eigenvalue weighted by Gasteiger charge is 2.37. The van der Waals surface area contributed by atoms with Crippen LogP contribution < -0.4 is 19.4 Å². The number of amides is 2. The first-order chi connectivity index (χ1) is 23.5. The largest absolute Gasteiger partial charge is 0.486 e. The van der Waals surface area contributed by atoms with E-state index in [1.807, 2.05) is 64.3 Å². The highest BCUT2D eigenvalue weighted by Crippen LogP contribution is 2.45.